The molecule has 1 rings (SSSR count). The summed E-state index contributed by atoms with van der Waals surface area (Å²) in [6.07, 6.45) is 0. The number of amides is 1. The molecule has 1 atom stereocenters. The Bertz CT molecular complexity index is 545. The summed E-state index contributed by atoms with van der Waals surface area (Å²) in [5.74, 6) is -0.0462. The summed E-state index contributed by atoms with van der Waals surface area (Å²) in [7, 11) is -3.43. The van der Waals surface area contributed by atoms with Crippen LogP contribution in [-0.4, -0.2) is 32.6 Å². The van der Waals surface area contributed by atoms with Crippen molar-refractivity contribution >= 4 is 33.2 Å². The molecule has 1 aromatic rings. The third-order valence-corrected chi connectivity index (χ3v) is 4.36. The molecule has 0 bridgehead atoms. The lowest BCUT2D eigenvalue weighted by molar-refractivity contribution is -0.119. The molecule has 0 saturated carbocycles. The summed E-state index contributed by atoms with van der Waals surface area (Å²) in [5, 5.41) is 0. The van der Waals surface area contributed by atoms with Gasteiger partial charge >= 0.3 is 0 Å². The number of carbonyl (C=O) groups excluding carboxylic acids is 1. The van der Waals surface area contributed by atoms with Crippen LogP contribution in [0.4, 0.5) is 5.69 Å². The van der Waals surface area contributed by atoms with Crippen LogP contribution in [0.5, 0.6) is 5.75 Å². The molecule has 20 heavy (non-hydrogen) atoms. The second kappa shape index (κ2) is 7.35. The molecule has 3 N–H and O–H groups in total. The van der Waals surface area contributed by atoms with Crippen molar-refractivity contribution in [1.82, 2.24) is 0 Å². The molecular weight excluding hydrogens is 304 g/mol. The Morgan fingerprint density at radius 2 is 2.00 bits per heavy atom. The fraction of sp³-hybridized carbons (Fsp3) is 0.417. The van der Waals surface area contributed by atoms with Gasteiger partial charge in [0.2, 0.25) is 10.0 Å². The van der Waals surface area contributed by atoms with Gasteiger partial charge in [-0.3, -0.25) is 9.52 Å². The number of rotatable bonds is 8. The number of sulfonamides is 1. The Balaban J connectivity index is 2.63. The van der Waals surface area contributed by atoms with E-state index in [0.717, 1.165) is 0 Å². The first kappa shape index (κ1) is 16.6. The minimum Gasteiger partial charge on any atom is -0.484 e. The van der Waals surface area contributed by atoms with E-state index in [1.165, 1.54) is 0 Å². The highest BCUT2D eigenvalue weighted by molar-refractivity contribution is 7.92. The number of hydrogen-bond acceptors (Lipinski definition) is 4. The van der Waals surface area contributed by atoms with Crippen LogP contribution in [0.3, 0.4) is 0 Å². The second-order valence-corrected chi connectivity index (χ2v) is 6.50. The van der Waals surface area contributed by atoms with Crippen LogP contribution in [0.25, 0.3) is 0 Å². The smallest absolute Gasteiger partial charge is 0.255 e. The third kappa shape index (κ3) is 6.12. The van der Waals surface area contributed by atoms with E-state index in [-0.39, 0.29) is 24.2 Å². The first-order valence-electron chi connectivity index (χ1n) is 5.90. The number of nitrogens with two attached hydrogens (primary N) is 1. The van der Waals surface area contributed by atoms with Crippen molar-refractivity contribution in [3.8, 4) is 5.75 Å². The molecule has 0 radical (unpaired) electrons. The number of nitrogens with one attached hydrogen (secondary N) is 1. The fourth-order valence-electron chi connectivity index (χ4n) is 1.41. The molecule has 0 fully saturated rings. The minimum atomic E-state index is -3.43. The maximum atomic E-state index is 11.8. The van der Waals surface area contributed by atoms with Gasteiger partial charge in [-0.15, -0.1) is 11.6 Å². The highest BCUT2D eigenvalue weighted by atomic mass is 35.5. The minimum absolute atomic E-state index is 0.0452. The van der Waals surface area contributed by atoms with Gasteiger partial charge in [0.1, 0.15) is 5.75 Å². The molecule has 0 aliphatic rings. The van der Waals surface area contributed by atoms with Gasteiger partial charge in [-0.05, 0) is 30.2 Å². The monoisotopic (exact) mass is 320 g/mol. The fourth-order valence-corrected chi connectivity index (χ4v) is 3.10. The number of ether oxygens (including phenoxy) is 1. The zero-order valence-corrected chi connectivity index (χ0v) is 12.6. The molecule has 0 saturated heterocycles. The molecule has 0 spiro atoms. The second-order valence-electron chi connectivity index (χ2n) is 4.42. The Labute approximate surface area is 123 Å². The summed E-state index contributed by atoms with van der Waals surface area (Å²) in [6, 6.07) is 6.18. The van der Waals surface area contributed by atoms with E-state index in [1.807, 2.05) is 0 Å². The van der Waals surface area contributed by atoms with E-state index >= 15 is 0 Å². The van der Waals surface area contributed by atoms with Crippen LogP contribution < -0.4 is 15.2 Å². The number of benzene rings is 1. The molecule has 0 aliphatic carbocycles. The quantitative estimate of drug-likeness (QED) is 0.702. The van der Waals surface area contributed by atoms with E-state index in [4.69, 9.17) is 22.1 Å². The molecule has 0 heterocycles. The average molecular weight is 321 g/mol. The largest absolute Gasteiger partial charge is 0.484 e. The number of anilines is 1. The zero-order valence-electron chi connectivity index (χ0n) is 11.0. The Hall–Kier alpha value is -1.47. The van der Waals surface area contributed by atoms with E-state index < -0.39 is 15.9 Å². The average Bonchev–Trinajstić information content (AvgIpc) is 2.36. The van der Waals surface area contributed by atoms with Crippen LogP contribution in [0.2, 0.25) is 0 Å². The maximum Gasteiger partial charge on any atom is 0.255 e. The SMILES string of the molecule is CC(CCl)CS(=O)(=O)Nc1ccc(OCC(N)=O)cc1. The van der Waals surface area contributed by atoms with Crippen molar-refractivity contribution < 1.29 is 17.9 Å². The van der Waals surface area contributed by atoms with Gasteiger partial charge in [-0.2, -0.15) is 0 Å². The third-order valence-electron chi connectivity index (χ3n) is 2.28. The lowest BCUT2D eigenvalue weighted by Crippen LogP contribution is -2.22. The van der Waals surface area contributed by atoms with Gasteiger partial charge in [0.25, 0.3) is 5.91 Å². The van der Waals surface area contributed by atoms with Crippen molar-refractivity contribution in [3.05, 3.63) is 24.3 Å². The summed E-state index contributed by atoms with van der Waals surface area (Å²) in [4.78, 5) is 10.6. The standard InChI is InChI=1S/C12H17ClN2O4S/c1-9(6-13)8-20(17,18)15-10-2-4-11(5-3-10)19-7-12(14)16/h2-5,9,15H,6-8H2,1H3,(H2,14,16). The number of halogens is 1. The predicted molar refractivity (Wildman–Crippen MR) is 78.4 cm³/mol. The number of alkyl halides is 1. The Morgan fingerprint density at radius 3 is 2.50 bits per heavy atom. The van der Waals surface area contributed by atoms with Gasteiger partial charge < -0.3 is 10.5 Å². The van der Waals surface area contributed by atoms with Gasteiger partial charge in [-0.1, -0.05) is 6.92 Å². The van der Waals surface area contributed by atoms with E-state index in [9.17, 15) is 13.2 Å². The van der Waals surface area contributed by atoms with Crippen molar-refractivity contribution in [3.63, 3.8) is 0 Å². The lowest BCUT2D eigenvalue weighted by Gasteiger charge is -2.11. The van der Waals surface area contributed by atoms with E-state index in [2.05, 4.69) is 4.72 Å². The van der Waals surface area contributed by atoms with Gasteiger partial charge in [0.05, 0.1) is 5.75 Å². The molecule has 112 valence electrons. The molecule has 0 aromatic heterocycles. The molecule has 1 aromatic carbocycles. The van der Waals surface area contributed by atoms with Crippen molar-refractivity contribution in [2.75, 3.05) is 23.0 Å². The van der Waals surface area contributed by atoms with Gasteiger partial charge in [0.15, 0.2) is 6.61 Å². The maximum absolute atomic E-state index is 11.8. The number of carbonyl (C=O) groups is 1. The van der Waals surface area contributed by atoms with Gasteiger partial charge in [0, 0.05) is 11.6 Å². The summed E-state index contributed by atoms with van der Waals surface area (Å²) in [5.41, 5.74) is 5.36. The highest BCUT2D eigenvalue weighted by Gasteiger charge is 2.15. The van der Waals surface area contributed by atoms with Crippen LogP contribution in [0, 0.1) is 5.92 Å². The molecule has 1 amide bonds. The van der Waals surface area contributed by atoms with Crippen molar-refractivity contribution in [2.24, 2.45) is 11.7 Å². The topological polar surface area (TPSA) is 98.5 Å². The number of hydrogen-bond donors (Lipinski definition) is 2. The van der Waals surface area contributed by atoms with E-state index in [1.54, 1.807) is 31.2 Å². The normalized spacial score (nSPS) is 12.7. The van der Waals surface area contributed by atoms with E-state index in [0.29, 0.717) is 11.4 Å². The summed E-state index contributed by atoms with van der Waals surface area (Å²) in [6.45, 7) is 1.53. The van der Waals surface area contributed by atoms with Gasteiger partial charge in [-0.25, -0.2) is 8.42 Å². The van der Waals surface area contributed by atoms with Crippen LogP contribution >= 0.6 is 11.6 Å². The summed E-state index contributed by atoms with van der Waals surface area (Å²) >= 11 is 5.60. The lowest BCUT2D eigenvalue weighted by atomic mass is 10.3. The molecule has 8 heteroatoms. The van der Waals surface area contributed by atoms with Crippen molar-refractivity contribution in [2.45, 2.75) is 6.92 Å². The molecule has 0 aliphatic heterocycles. The highest BCUT2D eigenvalue weighted by Crippen LogP contribution is 2.17. The first-order chi connectivity index (χ1) is 9.32. The first-order valence-corrected chi connectivity index (χ1v) is 8.08. The molecular formula is C12H17ClN2O4S. The van der Waals surface area contributed by atoms with Crippen LogP contribution in [0.1, 0.15) is 6.92 Å². The van der Waals surface area contributed by atoms with Crippen LogP contribution in [0.15, 0.2) is 24.3 Å². The molecule has 1 unspecified atom stereocenters. The van der Waals surface area contributed by atoms with Crippen LogP contribution in [-0.2, 0) is 14.8 Å². The number of primary amides is 1. The summed E-state index contributed by atoms with van der Waals surface area (Å²) < 4.78 is 31.1. The Kier molecular flexibility index (Phi) is 6.09. The zero-order chi connectivity index (χ0) is 15.2. The van der Waals surface area contributed by atoms with Crippen molar-refractivity contribution in [1.29, 1.82) is 0 Å². The Morgan fingerprint density at radius 1 is 1.40 bits per heavy atom. The predicted octanol–water partition coefficient (Wildman–Crippen LogP) is 1.17. The molecule has 6 nitrogen and oxygen atoms in total.